The minimum absolute atomic E-state index is 0.000136. The van der Waals surface area contributed by atoms with Gasteiger partial charge in [-0.15, -0.1) is 0 Å². The largest absolute Gasteiger partial charge is 0.497 e. The van der Waals surface area contributed by atoms with Crippen LogP contribution < -0.4 is 15.0 Å². The van der Waals surface area contributed by atoms with Gasteiger partial charge in [0.15, 0.2) is 6.29 Å². The Bertz CT molecular complexity index is 486. The van der Waals surface area contributed by atoms with Crippen molar-refractivity contribution in [3.05, 3.63) is 18.2 Å². The van der Waals surface area contributed by atoms with E-state index in [-0.39, 0.29) is 18.7 Å². The SMILES string of the molecule is COc1ccc2c(c1)N(CC1OCCO1)C(=O)CN2. The molecule has 1 aromatic rings. The fourth-order valence-corrected chi connectivity index (χ4v) is 2.27. The van der Waals surface area contributed by atoms with Gasteiger partial charge in [0, 0.05) is 6.07 Å². The van der Waals surface area contributed by atoms with Gasteiger partial charge < -0.3 is 24.4 Å². The summed E-state index contributed by atoms with van der Waals surface area (Å²) in [4.78, 5) is 13.7. The summed E-state index contributed by atoms with van der Waals surface area (Å²) in [6.45, 7) is 1.85. The molecule has 6 nitrogen and oxygen atoms in total. The number of nitrogens with zero attached hydrogens (tertiary/aromatic N) is 1. The fraction of sp³-hybridized carbons (Fsp3) is 0.462. The van der Waals surface area contributed by atoms with Crippen molar-refractivity contribution in [1.82, 2.24) is 0 Å². The van der Waals surface area contributed by atoms with E-state index in [1.165, 1.54) is 0 Å². The number of carbonyl (C=O) groups is 1. The predicted molar refractivity (Wildman–Crippen MR) is 69.5 cm³/mol. The number of hydrogen-bond donors (Lipinski definition) is 1. The van der Waals surface area contributed by atoms with Crippen molar-refractivity contribution in [2.75, 3.05) is 43.6 Å². The van der Waals surface area contributed by atoms with E-state index in [0.717, 1.165) is 11.4 Å². The van der Waals surface area contributed by atoms with Gasteiger partial charge in [0.05, 0.1) is 44.8 Å². The summed E-state index contributed by atoms with van der Waals surface area (Å²) >= 11 is 0. The van der Waals surface area contributed by atoms with E-state index in [1.807, 2.05) is 18.2 Å². The molecule has 1 aromatic carbocycles. The summed E-state index contributed by atoms with van der Waals surface area (Å²) in [5.41, 5.74) is 1.72. The van der Waals surface area contributed by atoms with Crippen LogP contribution in [0.3, 0.4) is 0 Å². The number of carbonyl (C=O) groups excluding carboxylic acids is 1. The number of rotatable bonds is 3. The third kappa shape index (κ3) is 2.36. The number of ether oxygens (including phenoxy) is 3. The fourth-order valence-electron chi connectivity index (χ4n) is 2.27. The molecule has 0 radical (unpaired) electrons. The predicted octanol–water partition coefficient (Wildman–Crippen LogP) is 0.827. The van der Waals surface area contributed by atoms with Gasteiger partial charge in [-0.2, -0.15) is 0 Å². The van der Waals surface area contributed by atoms with Crippen molar-refractivity contribution < 1.29 is 19.0 Å². The highest BCUT2D eigenvalue weighted by Crippen LogP contribution is 2.33. The molecule has 0 spiro atoms. The van der Waals surface area contributed by atoms with Crippen molar-refractivity contribution in [1.29, 1.82) is 0 Å². The van der Waals surface area contributed by atoms with Crippen LogP contribution in [0.1, 0.15) is 0 Å². The van der Waals surface area contributed by atoms with Crippen LogP contribution in [0.2, 0.25) is 0 Å². The van der Waals surface area contributed by atoms with Crippen molar-refractivity contribution in [3.8, 4) is 5.75 Å². The lowest BCUT2D eigenvalue weighted by molar-refractivity contribution is -0.118. The molecule has 2 heterocycles. The monoisotopic (exact) mass is 264 g/mol. The first-order valence-electron chi connectivity index (χ1n) is 6.23. The van der Waals surface area contributed by atoms with Gasteiger partial charge >= 0.3 is 0 Å². The summed E-state index contributed by atoms with van der Waals surface area (Å²) < 4.78 is 16.0. The van der Waals surface area contributed by atoms with Crippen molar-refractivity contribution in [3.63, 3.8) is 0 Å². The molecule has 1 fully saturated rings. The quantitative estimate of drug-likeness (QED) is 0.876. The average molecular weight is 264 g/mol. The maximum absolute atomic E-state index is 12.1. The van der Waals surface area contributed by atoms with Gasteiger partial charge in [0.25, 0.3) is 0 Å². The summed E-state index contributed by atoms with van der Waals surface area (Å²) in [5.74, 6) is 0.716. The van der Waals surface area contributed by atoms with E-state index in [4.69, 9.17) is 14.2 Å². The van der Waals surface area contributed by atoms with Gasteiger partial charge in [-0.25, -0.2) is 0 Å². The Morgan fingerprint density at radius 2 is 2.21 bits per heavy atom. The summed E-state index contributed by atoms with van der Waals surface area (Å²) in [7, 11) is 1.60. The lowest BCUT2D eigenvalue weighted by atomic mass is 10.2. The average Bonchev–Trinajstić information content (AvgIpc) is 2.94. The second-order valence-corrected chi connectivity index (χ2v) is 4.41. The van der Waals surface area contributed by atoms with Crippen LogP contribution >= 0.6 is 0 Å². The minimum atomic E-state index is -0.346. The Kier molecular flexibility index (Phi) is 3.27. The lowest BCUT2D eigenvalue weighted by Crippen LogP contribution is -2.44. The van der Waals surface area contributed by atoms with E-state index in [0.29, 0.717) is 25.5 Å². The molecule has 3 rings (SSSR count). The topological polar surface area (TPSA) is 60.0 Å². The van der Waals surface area contributed by atoms with Gasteiger partial charge in [-0.05, 0) is 12.1 Å². The molecule has 102 valence electrons. The second-order valence-electron chi connectivity index (χ2n) is 4.41. The van der Waals surface area contributed by atoms with E-state index < -0.39 is 0 Å². The number of nitrogens with one attached hydrogen (secondary N) is 1. The van der Waals surface area contributed by atoms with Crippen LogP contribution in [0.15, 0.2) is 18.2 Å². The number of methoxy groups -OCH3 is 1. The molecule has 1 saturated heterocycles. The lowest BCUT2D eigenvalue weighted by Gasteiger charge is -2.31. The maximum Gasteiger partial charge on any atom is 0.246 e. The molecule has 19 heavy (non-hydrogen) atoms. The van der Waals surface area contributed by atoms with Crippen LogP contribution in [-0.2, 0) is 14.3 Å². The number of hydrogen-bond acceptors (Lipinski definition) is 5. The Balaban J connectivity index is 1.88. The number of anilines is 2. The highest BCUT2D eigenvalue weighted by molar-refractivity contribution is 6.02. The molecule has 2 aliphatic heterocycles. The molecule has 0 saturated carbocycles. The number of benzene rings is 1. The van der Waals surface area contributed by atoms with Crippen molar-refractivity contribution in [2.45, 2.75) is 6.29 Å². The number of amides is 1. The first-order chi connectivity index (χ1) is 9.28. The second kappa shape index (κ2) is 5.07. The molecular weight excluding hydrogens is 248 g/mol. The first-order valence-corrected chi connectivity index (χ1v) is 6.23. The Morgan fingerprint density at radius 1 is 1.42 bits per heavy atom. The highest BCUT2D eigenvalue weighted by Gasteiger charge is 2.29. The van der Waals surface area contributed by atoms with E-state index in [2.05, 4.69) is 5.32 Å². The maximum atomic E-state index is 12.1. The smallest absolute Gasteiger partial charge is 0.246 e. The van der Waals surface area contributed by atoms with Gasteiger partial charge in [-0.1, -0.05) is 0 Å². The Morgan fingerprint density at radius 3 is 2.95 bits per heavy atom. The van der Waals surface area contributed by atoms with E-state index in [1.54, 1.807) is 12.0 Å². The Labute approximate surface area is 111 Å². The highest BCUT2D eigenvalue weighted by atomic mass is 16.7. The first kappa shape index (κ1) is 12.3. The zero-order valence-electron chi connectivity index (χ0n) is 10.7. The Hall–Kier alpha value is -1.79. The van der Waals surface area contributed by atoms with Crippen LogP contribution in [0, 0.1) is 0 Å². The molecule has 0 aliphatic carbocycles. The zero-order chi connectivity index (χ0) is 13.2. The van der Waals surface area contributed by atoms with Crippen molar-refractivity contribution >= 4 is 17.3 Å². The van der Waals surface area contributed by atoms with Crippen molar-refractivity contribution in [2.24, 2.45) is 0 Å². The molecule has 1 amide bonds. The standard InChI is InChI=1S/C13H16N2O4/c1-17-9-2-3-10-11(6-9)15(12(16)7-14-10)8-13-18-4-5-19-13/h2-3,6,13-14H,4-5,7-8H2,1H3. The molecule has 0 bridgehead atoms. The molecule has 6 heteroatoms. The normalized spacial score (nSPS) is 19.2. The van der Waals surface area contributed by atoms with Crippen LogP contribution in [0.25, 0.3) is 0 Å². The minimum Gasteiger partial charge on any atom is -0.497 e. The van der Waals surface area contributed by atoms with E-state index >= 15 is 0 Å². The summed E-state index contributed by atoms with van der Waals surface area (Å²) in [5, 5.41) is 3.09. The van der Waals surface area contributed by atoms with Gasteiger partial charge in [0.1, 0.15) is 5.75 Å². The molecule has 0 aromatic heterocycles. The van der Waals surface area contributed by atoms with Crippen LogP contribution in [0.5, 0.6) is 5.75 Å². The van der Waals surface area contributed by atoms with Gasteiger partial charge in [0.2, 0.25) is 5.91 Å². The zero-order valence-corrected chi connectivity index (χ0v) is 10.7. The molecular formula is C13H16N2O4. The summed E-state index contributed by atoms with van der Waals surface area (Å²) in [6.07, 6.45) is -0.346. The molecule has 1 N–H and O–H groups in total. The third-order valence-corrected chi connectivity index (χ3v) is 3.25. The van der Waals surface area contributed by atoms with E-state index in [9.17, 15) is 4.79 Å². The molecule has 0 atom stereocenters. The molecule has 0 unspecified atom stereocenters. The van der Waals surface area contributed by atoms with Gasteiger partial charge in [-0.3, -0.25) is 4.79 Å². The third-order valence-electron chi connectivity index (χ3n) is 3.25. The van der Waals surface area contributed by atoms with Crippen LogP contribution in [0.4, 0.5) is 11.4 Å². The molecule has 2 aliphatic rings. The summed E-state index contributed by atoms with van der Waals surface area (Å²) in [6, 6.07) is 5.61. The van der Waals surface area contributed by atoms with Crippen LogP contribution in [-0.4, -0.2) is 45.6 Å². The number of fused-ring (bicyclic) bond motifs is 1.